The van der Waals surface area contributed by atoms with Crippen molar-refractivity contribution in [3.8, 4) is 0 Å². The molecule has 1 aromatic carbocycles. The van der Waals surface area contributed by atoms with Crippen molar-refractivity contribution < 1.29 is 0 Å². The van der Waals surface area contributed by atoms with E-state index in [1.165, 1.54) is 14.6 Å². The van der Waals surface area contributed by atoms with Crippen molar-refractivity contribution in [1.29, 1.82) is 0 Å². The molecular formula is C17H25BrS2. The van der Waals surface area contributed by atoms with Gasteiger partial charge in [0.05, 0.1) is 0 Å². The third-order valence-electron chi connectivity index (χ3n) is 4.15. The molecule has 2 aromatic rings. The molecule has 1 aromatic heterocycles. The van der Waals surface area contributed by atoms with Gasteiger partial charge >= 0.3 is 0 Å². The number of fused-ring (bicyclic) bond motifs is 1. The zero-order valence-corrected chi connectivity index (χ0v) is 16.5. The average molecular weight is 373 g/mol. The van der Waals surface area contributed by atoms with Crippen molar-refractivity contribution in [3.63, 3.8) is 0 Å². The standard InChI is InChI=1S/C17H25BrS2/c1-11(2)20(12(3)4,13(5)6)17-9-14-7-8-15(18)10-16(14)19-17/h7-13H,1-6H3. The molecule has 0 spiro atoms. The Morgan fingerprint density at radius 2 is 1.45 bits per heavy atom. The molecule has 0 aliphatic heterocycles. The van der Waals surface area contributed by atoms with Crippen LogP contribution in [0.15, 0.2) is 32.9 Å². The lowest BCUT2D eigenvalue weighted by molar-refractivity contribution is 0.942. The molecule has 0 atom stereocenters. The highest BCUT2D eigenvalue weighted by Gasteiger charge is 2.37. The summed E-state index contributed by atoms with van der Waals surface area (Å²) >= 11 is 5.60. The third kappa shape index (κ3) is 2.57. The molecule has 0 radical (unpaired) electrons. The van der Waals surface area contributed by atoms with Gasteiger partial charge in [0.15, 0.2) is 0 Å². The molecule has 3 heteroatoms. The van der Waals surface area contributed by atoms with Crippen LogP contribution in [0.2, 0.25) is 0 Å². The first-order valence-corrected chi connectivity index (χ1v) is 10.7. The molecule has 0 saturated heterocycles. The molecular weight excluding hydrogens is 348 g/mol. The highest BCUT2D eigenvalue weighted by atomic mass is 79.9. The van der Waals surface area contributed by atoms with Gasteiger partial charge in [0.25, 0.3) is 0 Å². The number of halogens is 1. The highest BCUT2D eigenvalue weighted by molar-refractivity contribution is 9.10. The number of rotatable bonds is 4. The van der Waals surface area contributed by atoms with Crippen LogP contribution in [0.25, 0.3) is 10.1 Å². The molecule has 0 saturated carbocycles. The second-order valence-electron chi connectivity index (χ2n) is 6.16. The van der Waals surface area contributed by atoms with Crippen molar-refractivity contribution in [2.24, 2.45) is 0 Å². The molecule has 0 aliphatic carbocycles. The van der Waals surface area contributed by atoms with Crippen LogP contribution in [0.5, 0.6) is 0 Å². The minimum Gasteiger partial charge on any atom is -0.198 e. The predicted molar refractivity (Wildman–Crippen MR) is 101 cm³/mol. The van der Waals surface area contributed by atoms with Crippen LogP contribution in [0, 0.1) is 0 Å². The Morgan fingerprint density at radius 3 is 1.95 bits per heavy atom. The third-order valence-corrected chi connectivity index (χ3v) is 12.1. The van der Waals surface area contributed by atoms with Crippen LogP contribution >= 0.6 is 37.3 Å². The van der Waals surface area contributed by atoms with Gasteiger partial charge in [-0.1, -0.05) is 63.5 Å². The molecule has 2 rings (SSSR count). The SMILES string of the molecule is CC(C)S(c1cc2ccc(Br)cc2s1)(C(C)C)C(C)C. The second kappa shape index (κ2) is 6.02. The van der Waals surface area contributed by atoms with Gasteiger partial charge in [-0.05, 0) is 39.3 Å². The molecule has 0 bridgehead atoms. The minimum atomic E-state index is -0.797. The fourth-order valence-electron chi connectivity index (χ4n) is 3.48. The quantitative estimate of drug-likeness (QED) is 0.538. The lowest BCUT2D eigenvalue weighted by Crippen LogP contribution is -2.28. The Balaban J connectivity index is 2.68. The molecule has 1 heterocycles. The first-order valence-electron chi connectivity index (χ1n) is 7.29. The van der Waals surface area contributed by atoms with E-state index in [0.717, 1.165) is 15.7 Å². The van der Waals surface area contributed by atoms with Crippen LogP contribution in [-0.4, -0.2) is 15.7 Å². The Morgan fingerprint density at radius 1 is 0.900 bits per heavy atom. The maximum absolute atomic E-state index is 3.59. The normalized spacial score (nSPS) is 13.9. The fourth-order valence-corrected chi connectivity index (χ4v) is 12.4. The molecule has 0 fully saturated rings. The topological polar surface area (TPSA) is 0 Å². The fraction of sp³-hybridized carbons (Fsp3) is 0.529. The number of benzene rings is 1. The van der Waals surface area contributed by atoms with E-state index in [2.05, 4.69) is 81.7 Å². The summed E-state index contributed by atoms with van der Waals surface area (Å²) in [5.74, 6) is 0. The summed E-state index contributed by atoms with van der Waals surface area (Å²) in [6.07, 6.45) is 0. The maximum atomic E-state index is 3.59. The zero-order valence-electron chi connectivity index (χ0n) is 13.2. The Hall–Kier alpha value is 0.01000. The Labute approximate surface area is 137 Å². The van der Waals surface area contributed by atoms with E-state index in [0.29, 0.717) is 0 Å². The van der Waals surface area contributed by atoms with Crippen molar-refractivity contribution >= 4 is 47.4 Å². The largest absolute Gasteiger partial charge is 0.198 e. The van der Waals surface area contributed by atoms with E-state index in [-0.39, 0.29) is 0 Å². The first kappa shape index (κ1) is 16.4. The van der Waals surface area contributed by atoms with E-state index in [1.54, 1.807) is 4.21 Å². The summed E-state index contributed by atoms with van der Waals surface area (Å²) < 4.78 is 4.22. The molecule has 0 amide bonds. The van der Waals surface area contributed by atoms with Gasteiger partial charge in [-0.15, -0.1) is 11.3 Å². The monoisotopic (exact) mass is 372 g/mol. The Kier molecular flexibility index (Phi) is 4.93. The number of hydrogen-bond acceptors (Lipinski definition) is 1. The average Bonchev–Trinajstić information content (AvgIpc) is 2.70. The minimum absolute atomic E-state index is 0.721. The molecule has 0 unspecified atom stereocenters. The van der Waals surface area contributed by atoms with Crippen LogP contribution in [0.3, 0.4) is 0 Å². The predicted octanol–water partition coefficient (Wildman–Crippen LogP) is 7.05. The van der Waals surface area contributed by atoms with E-state index >= 15 is 0 Å². The van der Waals surface area contributed by atoms with E-state index in [1.807, 2.05) is 11.3 Å². The van der Waals surface area contributed by atoms with E-state index in [9.17, 15) is 0 Å². The molecule has 0 aliphatic rings. The lowest BCUT2D eigenvalue weighted by atomic mass is 10.3. The van der Waals surface area contributed by atoms with Gasteiger partial charge < -0.3 is 0 Å². The summed E-state index contributed by atoms with van der Waals surface area (Å²) in [5.41, 5.74) is 0. The summed E-state index contributed by atoms with van der Waals surface area (Å²) in [6.45, 7) is 14.5. The smallest absolute Gasteiger partial charge is 0.0448 e. The van der Waals surface area contributed by atoms with Gasteiger partial charge in [0.2, 0.25) is 0 Å². The summed E-state index contributed by atoms with van der Waals surface area (Å²) in [7, 11) is -0.797. The van der Waals surface area contributed by atoms with Gasteiger partial charge in [0, 0.05) is 13.4 Å². The number of thiophene rings is 1. The van der Waals surface area contributed by atoms with Crippen LogP contribution in [-0.2, 0) is 0 Å². The van der Waals surface area contributed by atoms with Gasteiger partial charge in [-0.3, -0.25) is 0 Å². The highest BCUT2D eigenvalue weighted by Crippen LogP contribution is 2.68. The van der Waals surface area contributed by atoms with Crippen molar-refractivity contribution in [2.75, 3.05) is 0 Å². The summed E-state index contributed by atoms with van der Waals surface area (Å²) in [5, 5.41) is 3.56. The van der Waals surface area contributed by atoms with Crippen molar-refractivity contribution in [3.05, 3.63) is 28.7 Å². The van der Waals surface area contributed by atoms with Crippen molar-refractivity contribution in [2.45, 2.75) is 61.5 Å². The zero-order chi connectivity index (χ0) is 15.1. The van der Waals surface area contributed by atoms with Crippen molar-refractivity contribution in [1.82, 2.24) is 0 Å². The van der Waals surface area contributed by atoms with Gasteiger partial charge in [0.1, 0.15) is 0 Å². The molecule has 0 N–H and O–H groups in total. The number of hydrogen-bond donors (Lipinski definition) is 0. The van der Waals surface area contributed by atoms with E-state index in [4.69, 9.17) is 0 Å². The molecule has 0 nitrogen and oxygen atoms in total. The van der Waals surface area contributed by atoms with Crippen LogP contribution < -0.4 is 0 Å². The first-order chi connectivity index (χ1) is 9.30. The van der Waals surface area contributed by atoms with Crippen LogP contribution in [0.4, 0.5) is 0 Å². The second-order valence-corrected chi connectivity index (χ2v) is 13.2. The molecule has 112 valence electrons. The molecule has 20 heavy (non-hydrogen) atoms. The van der Waals surface area contributed by atoms with Gasteiger partial charge in [-0.25, -0.2) is 0 Å². The van der Waals surface area contributed by atoms with E-state index < -0.39 is 10.0 Å². The lowest BCUT2D eigenvalue weighted by Gasteiger charge is -2.50. The maximum Gasteiger partial charge on any atom is 0.0448 e. The van der Waals surface area contributed by atoms with Gasteiger partial charge in [-0.2, -0.15) is 10.0 Å². The Bertz CT molecular complexity index is 574. The summed E-state index contributed by atoms with van der Waals surface area (Å²) in [6, 6.07) is 9.11. The summed E-state index contributed by atoms with van der Waals surface area (Å²) in [4.78, 5) is 0. The van der Waals surface area contributed by atoms with Crippen LogP contribution in [0.1, 0.15) is 41.5 Å².